The topological polar surface area (TPSA) is 51.6 Å². The minimum Gasteiger partial charge on any atom is -0.256 e. The predicted octanol–water partition coefficient (Wildman–Crippen LogP) is 9.39. The van der Waals surface area contributed by atoms with Crippen LogP contribution in [0.2, 0.25) is 0 Å². The molecule has 0 unspecified atom stereocenters. The number of hydrogen-bond acceptors (Lipinski definition) is 4. The zero-order valence-corrected chi connectivity index (χ0v) is 22.6. The quantitative estimate of drug-likeness (QED) is 0.225. The van der Waals surface area contributed by atoms with Crippen LogP contribution in [0.15, 0.2) is 146 Å². The molecule has 4 heteroatoms. The number of benzene rings is 4. The van der Waals surface area contributed by atoms with Crippen molar-refractivity contribution in [1.82, 2.24) is 19.9 Å². The van der Waals surface area contributed by atoms with E-state index in [2.05, 4.69) is 101 Å². The first kappa shape index (κ1) is 24.1. The van der Waals surface area contributed by atoms with Gasteiger partial charge in [-0.3, -0.25) is 9.97 Å². The van der Waals surface area contributed by atoms with Gasteiger partial charge in [-0.25, -0.2) is 9.97 Å². The van der Waals surface area contributed by atoms with Crippen LogP contribution in [0.25, 0.3) is 77.6 Å². The first-order valence-corrected chi connectivity index (χ1v) is 14.0. The van der Waals surface area contributed by atoms with Crippen LogP contribution >= 0.6 is 0 Å². The maximum Gasteiger partial charge on any atom is 0.0893 e. The summed E-state index contributed by atoms with van der Waals surface area (Å²) in [5, 5.41) is 3.34. The summed E-state index contributed by atoms with van der Waals surface area (Å²) in [6.45, 7) is 0. The van der Waals surface area contributed by atoms with Gasteiger partial charge in [-0.05, 0) is 77.4 Å². The Morgan fingerprint density at radius 1 is 0.333 bits per heavy atom. The fraction of sp³-hybridized carbons (Fsp3) is 0. The summed E-state index contributed by atoms with van der Waals surface area (Å²) in [4.78, 5) is 19.0. The van der Waals surface area contributed by atoms with Gasteiger partial charge in [0.2, 0.25) is 0 Å². The molecule has 0 saturated heterocycles. The zero-order chi connectivity index (χ0) is 27.9. The van der Waals surface area contributed by atoms with Crippen molar-refractivity contribution >= 4 is 32.7 Å². The molecule has 42 heavy (non-hydrogen) atoms. The monoisotopic (exact) mass is 536 g/mol. The summed E-state index contributed by atoms with van der Waals surface area (Å²) in [6.07, 6.45) is 3.74. The Balaban J connectivity index is 1.12. The second kappa shape index (κ2) is 10.0. The minimum atomic E-state index is 0.872. The van der Waals surface area contributed by atoms with Crippen LogP contribution < -0.4 is 0 Å². The van der Waals surface area contributed by atoms with E-state index in [1.165, 1.54) is 0 Å². The highest BCUT2D eigenvalue weighted by atomic mass is 14.8. The van der Waals surface area contributed by atoms with Crippen LogP contribution in [0.4, 0.5) is 0 Å². The lowest BCUT2D eigenvalue weighted by molar-refractivity contribution is 1.28. The summed E-state index contributed by atoms with van der Waals surface area (Å²) >= 11 is 0. The van der Waals surface area contributed by atoms with Gasteiger partial charge in [0.15, 0.2) is 0 Å². The van der Waals surface area contributed by atoms with Crippen LogP contribution in [-0.2, 0) is 0 Å². The molecule has 4 aromatic carbocycles. The lowest BCUT2D eigenvalue weighted by Gasteiger charge is -2.09. The largest absolute Gasteiger partial charge is 0.256 e. The minimum absolute atomic E-state index is 0.872. The highest BCUT2D eigenvalue weighted by molar-refractivity contribution is 5.90. The van der Waals surface area contributed by atoms with E-state index in [-0.39, 0.29) is 0 Å². The van der Waals surface area contributed by atoms with Gasteiger partial charge in [-0.1, -0.05) is 72.8 Å². The average Bonchev–Trinajstić information content (AvgIpc) is 3.07. The maximum atomic E-state index is 5.03. The van der Waals surface area contributed by atoms with Crippen molar-refractivity contribution in [2.24, 2.45) is 0 Å². The molecular formula is C38H24N4. The molecule has 4 heterocycles. The molecular weight excluding hydrogens is 512 g/mol. The highest BCUT2D eigenvalue weighted by Gasteiger charge is 2.09. The fourth-order valence-electron chi connectivity index (χ4n) is 5.51. The summed E-state index contributed by atoms with van der Waals surface area (Å²) in [7, 11) is 0. The number of fused-ring (bicyclic) bond motifs is 3. The molecule has 0 fully saturated rings. The molecule has 4 aromatic heterocycles. The van der Waals surface area contributed by atoms with E-state index in [1.807, 2.05) is 48.7 Å². The SMILES string of the molecule is c1ccc(-c2ccc3ccc(-c4ccc5nc(-c6cccc(-c7cnc8ccccc8c7)c6)ccc5c4)cc3n2)nc1. The van der Waals surface area contributed by atoms with Crippen molar-refractivity contribution in [2.45, 2.75) is 0 Å². The molecule has 0 radical (unpaired) electrons. The fourth-order valence-corrected chi connectivity index (χ4v) is 5.51. The Kier molecular flexibility index (Phi) is 5.75. The van der Waals surface area contributed by atoms with E-state index in [4.69, 9.17) is 9.97 Å². The third-order valence-corrected chi connectivity index (χ3v) is 7.72. The van der Waals surface area contributed by atoms with Gasteiger partial charge in [-0.2, -0.15) is 0 Å². The van der Waals surface area contributed by atoms with Gasteiger partial charge >= 0.3 is 0 Å². The Hall–Kier alpha value is -5.74. The normalized spacial score (nSPS) is 11.3. The van der Waals surface area contributed by atoms with Crippen molar-refractivity contribution in [2.75, 3.05) is 0 Å². The van der Waals surface area contributed by atoms with Gasteiger partial charge < -0.3 is 0 Å². The highest BCUT2D eigenvalue weighted by Crippen LogP contribution is 2.31. The van der Waals surface area contributed by atoms with E-state index in [0.717, 1.165) is 77.6 Å². The summed E-state index contributed by atoms with van der Waals surface area (Å²) in [5.41, 5.74) is 11.2. The lowest BCUT2D eigenvalue weighted by Crippen LogP contribution is -1.89. The smallest absolute Gasteiger partial charge is 0.0893 e. The van der Waals surface area contributed by atoms with Gasteiger partial charge in [0.1, 0.15) is 0 Å². The molecule has 4 nitrogen and oxygen atoms in total. The van der Waals surface area contributed by atoms with Crippen molar-refractivity contribution in [3.8, 4) is 44.9 Å². The van der Waals surface area contributed by atoms with Crippen molar-refractivity contribution in [1.29, 1.82) is 0 Å². The molecule has 0 atom stereocenters. The van der Waals surface area contributed by atoms with Gasteiger partial charge in [0.25, 0.3) is 0 Å². The van der Waals surface area contributed by atoms with Crippen LogP contribution in [0.5, 0.6) is 0 Å². The molecule has 0 bridgehead atoms. The Labute approximate surface area is 243 Å². The number of pyridine rings is 4. The Morgan fingerprint density at radius 2 is 1.05 bits per heavy atom. The molecule has 8 rings (SSSR count). The Bertz CT molecular complexity index is 2260. The first-order valence-electron chi connectivity index (χ1n) is 14.0. The number of nitrogens with zero attached hydrogens (tertiary/aromatic N) is 4. The van der Waals surface area contributed by atoms with E-state index in [0.29, 0.717) is 0 Å². The summed E-state index contributed by atoms with van der Waals surface area (Å²) in [6, 6.07) is 46.1. The van der Waals surface area contributed by atoms with Crippen LogP contribution in [0.1, 0.15) is 0 Å². The molecule has 0 aliphatic heterocycles. The first-order chi connectivity index (χ1) is 20.8. The maximum absolute atomic E-state index is 5.03. The molecule has 0 spiro atoms. The number of aromatic nitrogens is 4. The third-order valence-electron chi connectivity index (χ3n) is 7.72. The van der Waals surface area contributed by atoms with E-state index >= 15 is 0 Å². The summed E-state index contributed by atoms with van der Waals surface area (Å²) < 4.78 is 0. The average molecular weight is 537 g/mol. The number of hydrogen-bond donors (Lipinski definition) is 0. The van der Waals surface area contributed by atoms with Gasteiger partial charge in [-0.15, -0.1) is 0 Å². The van der Waals surface area contributed by atoms with Gasteiger partial charge in [0.05, 0.1) is 33.6 Å². The van der Waals surface area contributed by atoms with Crippen LogP contribution in [0.3, 0.4) is 0 Å². The van der Waals surface area contributed by atoms with Crippen LogP contribution in [0, 0.1) is 0 Å². The second-order valence-electron chi connectivity index (χ2n) is 10.4. The number of para-hydroxylation sites is 1. The molecule has 0 aliphatic rings. The van der Waals surface area contributed by atoms with E-state index < -0.39 is 0 Å². The zero-order valence-electron chi connectivity index (χ0n) is 22.6. The lowest BCUT2D eigenvalue weighted by atomic mass is 9.99. The third kappa shape index (κ3) is 4.45. The molecule has 196 valence electrons. The molecule has 0 N–H and O–H groups in total. The predicted molar refractivity (Wildman–Crippen MR) is 172 cm³/mol. The van der Waals surface area contributed by atoms with Crippen molar-refractivity contribution in [3.05, 3.63) is 146 Å². The van der Waals surface area contributed by atoms with Gasteiger partial charge in [0, 0.05) is 39.7 Å². The molecule has 0 amide bonds. The number of rotatable bonds is 4. The molecule has 0 aliphatic carbocycles. The Morgan fingerprint density at radius 3 is 2.00 bits per heavy atom. The van der Waals surface area contributed by atoms with E-state index in [9.17, 15) is 0 Å². The molecule has 8 aromatic rings. The molecule has 0 saturated carbocycles. The standard InChI is InChI=1S/C38H24N4/c1-2-9-33-29(6-1)22-32(24-40-33)26-7-5-8-30(20-26)34-17-15-31-21-27(14-16-35(31)41-34)28-12-11-25-13-18-37(42-38(25)23-28)36-10-3-4-19-39-36/h1-24H. The van der Waals surface area contributed by atoms with Crippen molar-refractivity contribution < 1.29 is 0 Å². The van der Waals surface area contributed by atoms with Crippen molar-refractivity contribution in [3.63, 3.8) is 0 Å². The van der Waals surface area contributed by atoms with Crippen LogP contribution in [-0.4, -0.2) is 19.9 Å². The summed E-state index contributed by atoms with van der Waals surface area (Å²) in [5.74, 6) is 0. The second-order valence-corrected chi connectivity index (χ2v) is 10.4. The van der Waals surface area contributed by atoms with E-state index in [1.54, 1.807) is 6.20 Å².